The standard InChI is InChI=1S/C18H20ClNO4S2/c1-17(2,3)14-10-18(14,16(21)22)20-26(23,24)15-9-8-13(25-15)11-4-6-12(19)7-5-11/h4-9,14,20H,10H2,1-3H3,(H,21,22). The van der Waals surface area contributed by atoms with Crippen LogP contribution in [0.15, 0.2) is 40.6 Å². The van der Waals surface area contributed by atoms with E-state index >= 15 is 0 Å². The largest absolute Gasteiger partial charge is 0.480 e. The zero-order chi connectivity index (χ0) is 19.3. The summed E-state index contributed by atoms with van der Waals surface area (Å²) in [4.78, 5) is 12.5. The second-order valence-corrected chi connectivity index (χ2v) is 11.1. The number of halogens is 1. The maximum absolute atomic E-state index is 12.8. The third-order valence-electron chi connectivity index (χ3n) is 4.68. The molecule has 1 aliphatic rings. The number of carbonyl (C=O) groups is 1. The van der Waals surface area contributed by atoms with Crippen LogP contribution in [0.1, 0.15) is 27.2 Å². The van der Waals surface area contributed by atoms with E-state index in [1.165, 1.54) is 6.07 Å². The first-order valence-corrected chi connectivity index (χ1v) is 10.8. The summed E-state index contributed by atoms with van der Waals surface area (Å²) >= 11 is 6.98. The second-order valence-electron chi connectivity index (χ2n) is 7.63. The van der Waals surface area contributed by atoms with Crippen LogP contribution >= 0.6 is 22.9 Å². The van der Waals surface area contributed by atoms with Gasteiger partial charge in [0.2, 0.25) is 0 Å². The van der Waals surface area contributed by atoms with Gasteiger partial charge in [0.05, 0.1) is 0 Å². The summed E-state index contributed by atoms with van der Waals surface area (Å²) < 4.78 is 28.1. The van der Waals surface area contributed by atoms with Crippen molar-refractivity contribution in [1.82, 2.24) is 4.72 Å². The van der Waals surface area contributed by atoms with Crippen molar-refractivity contribution in [3.8, 4) is 10.4 Å². The molecule has 0 saturated heterocycles. The van der Waals surface area contributed by atoms with Gasteiger partial charge in [0.1, 0.15) is 9.75 Å². The summed E-state index contributed by atoms with van der Waals surface area (Å²) in [5.41, 5.74) is -0.875. The lowest BCUT2D eigenvalue weighted by Gasteiger charge is -2.22. The Morgan fingerprint density at radius 1 is 1.23 bits per heavy atom. The van der Waals surface area contributed by atoms with Crippen LogP contribution in [0.4, 0.5) is 0 Å². The van der Waals surface area contributed by atoms with Gasteiger partial charge in [0, 0.05) is 9.90 Å². The monoisotopic (exact) mass is 413 g/mol. The van der Waals surface area contributed by atoms with Crippen molar-refractivity contribution in [1.29, 1.82) is 0 Å². The van der Waals surface area contributed by atoms with E-state index in [1.807, 2.05) is 32.9 Å². The second kappa shape index (κ2) is 6.34. The van der Waals surface area contributed by atoms with Crippen molar-refractivity contribution >= 4 is 38.9 Å². The highest BCUT2D eigenvalue weighted by molar-refractivity contribution is 7.91. The van der Waals surface area contributed by atoms with Crippen LogP contribution in [-0.2, 0) is 14.8 Å². The molecule has 1 aromatic carbocycles. The van der Waals surface area contributed by atoms with E-state index in [2.05, 4.69) is 4.72 Å². The van der Waals surface area contributed by atoms with Crippen LogP contribution in [0.2, 0.25) is 5.02 Å². The smallest absolute Gasteiger partial charge is 0.325 e. The molecule has 2 unspecified atom stereocenters. The molecule has 1 aliphatic carbocycles. The number of carboxylic acids is 1. The molecule has 1 fully saturated rings. The molecule has 8 heteroatoms. The SMILES string of the molecule is CC(C)(C)C1CC1(NS(=O)(=O)c1ccc(-c2ccc(Cl)cc2)s1)C(=O)O. The van der Waals surface area contributed by atoms with Gasteiger partial charge in [-0.2, -0.15) is 4.72 Å². The first-order valence-electron chi connectivity index (χ1n) is 8.09. The third-order valence-corrected chi connectivity index (χ3v) is 8.07. The highest BCUT2D eigenvalue weighted by Gasteiger charge is 2.66. The van der Waals surface area contributed by atoms with E-state index in [4.69, 9.17) is 11.6 Å². The van der Waals surface area contributed by atoms with Crippen LogP contribution in [0.25, 0.3) is 10.4 Å². The molecule has 3 rings (SSSR count). The number of rotatable bonds is 5. The van der Waals surface area contributed by atoms with Crippen molar-refractivity contribution in [2.45, 2.75) is 36.9 Å². The van der Waals surface area contributed by atoms with Gasteiger partial charge < -0.3 is 5.11 Å². The molecule has 1 saturated carbocycles. The molecular formula is C18H20ClNO4S2. The number of hydrogen-bond acceptors (Lipinski definition) is 4. The number of sulfonamides is 1. The van der Waals surface area contributed by atoms with Crippen molar-refractivity contribution < 1.29 is 18.3 Å². The first-order chi connectivity index (χ1) is 12.0. The van der Waals surface area contributed by atoms with Crippen molar-refractivity contribution in [3.05, 3.63) is 41.4 Å². The first kappa shape index (κ1) is 19.4. The zero-order valence-electron chi connectivity index (χ0n) is 14.6. The van der Waals surface area contributed by atoms with Crippen LogP contribution in [0.5, 0.6) is 0 Å². The third kappa shape index (κ3) is 3.53. The number of thiophene rings is 1. The Bertz CT molecular complexity index is 944. The van der Waals surface area contributed by atoms with Gasteiger partial charge in [0.15, 0.2) is 0 Å². The van der Waals surface area contributed by atoms with Crippen molar-refractivity contribution in [2.24, 2.45) is 11.3 Å². The summed E-state index contributed by atoms with van der Waals surface area (Å²) in [6.07, 6.45) is 0.292. The summed E-state index contributed by atoms with van der Waals surface area (Å²) in [7, 11) is -3.93. The lowest BCUT2D eigenvalue weighted by molar-refractivity contribution is -0.141. The van der Waals surface area contributed by atoms with Gasteiger partial charge in [-0.3, -0.25) is 4.79 Å². The quantitative estimate of drug-likeness (QED) is 0.768. The minimum atomic E-state index is -3.93. The molecule has 0 amide bonds. The Kier molecular flexibility index (Phi) is 4.72. The number of nitrogens with one attached hydrogen (secondary N) is 1. The van der Waals surface area contributed by atoms with Crippen LogP contribution in [0.3, 0.4) is 0 Å². The summed E-state index contributed by atoms with van der Waals surface area (Å²) in [5, 5.41) is 10.2. The Balaban J connectivity index is 1.87. The van der Waals surface area contributed by atoms with E-state index in [1.54, 1.807) is 18.2 Å². The Hall–Kier alpha value is -1.41. The van der Waals surface area contributed by atoms with E-state index in [-0.39, 0.29) is 15.5 Å². The molecule has 1 heterocycles. The molecule has 2 aromatic rings. The normalized spacial score (nSPS) is 23.0. The van der Waals surface area contributed by atoms with Crippen LogP contribution < -0.4 is 4.72 Å². The predicted octanol–water partition coefficient (Wildman–Crippen LogP) is 4.24. The molecule has 1 aromatic heterocycles. The van der Waals surface area contributed by atoms with Crippen molar-refractivity contribution in [2.75, 3.05) is 0 Å². The summed E-state index contributed by atoms with van der Waals surface area (Å²) in [5.74, 6) is -1.38. The fraction of sp³-hybridized carbons (Fsp3) is 0.389. The molecular weight excluding hydrogens is 394 g/mol. The highest BCUT2D eigenvalue weighted by Crippen LogP contribution is 2.55. The van der Waals surface area contributed by atoms with Gasteiger partial charge in [-0.1, -0.05) is 44.5 Å². The minimum Gasteiger partial charge on any atom is -0.480 e. The molecule has 0 bridgehead atoms. The van der Waals surface area contributed by atoms with Crippen LogP contribution in [0, 0.1) is 11.3 Å². The summed E-state index contributed by atoms with van der Waals surface area (Å²) in [6, 6.07) is 10.3. The predicted molar refractivity (Wildman–Crippen MR) is 103 cm³/mol. The average Bonchev–Trinajstić information content (AvgIpc) is 3.05. The van der Waals surface area contributed by atoms with Gasteiger partial charge in [0.25, 0.3) is 10.0 Å². The maximum atomic E-state index is 12.8. The highest BCUT2D eigenvalue weighted by atomic mass is 35.5. The molecule has 0 aliphatic heterocycles. The lowest BCUT2D eigenvalue weighted by Crippen LogP contribution is -2.46. The van der Waals surface area contributed by atoms with Gasteiger partial charge in [-0.15, -0.1) is 11.3 Å². The molecule has 2 N–H and O–H groups in total. The van der Waals surface area contributed by atoms with Gasteiger partial charge in [-0.05, 0) is 47.6 Å². The van der Waals surface area contributed by atoms with E-state index in [0.717, 1.165) is 21.8 Å². The van der Waals surface area contributed by atoms with E-state index < -0.39 is 21.5 Å². The van der Waals surface area contributed by atoms with Crippen molar-refractivity contribution in [3.63, 3.8) is 0 Å². The van der Waals surface area contributed by atoms with Gasteiger partial charge >= 0.3 is 5.97 Å². The fourth-order valence-electron chi connectivity index (χ4n) is 3.23. The molecule has 2 atom stereocenters. The topological polar surface area (TPSA) is 83.5 Å². The van der Waals surface area contributed by atoms with E-state index in [9.17, 15) is 18.3 Å². The zero-order valence-corrected chi connectivity index (χ0v) is 17.0. The molecule has 140 valence electrons. The van der Waals surface area contributed by atoms with E-state index in [0.29, 0.717) is 11.4 Å². The molecule has 0 spiro atoms. The number of hydrogen-bond donors (Lipinski definition) is 2. The number of aliphatic carboxylic acids is 1. The molecule has 5 nitrogen and oxygen atoms in total. The Morgan fingerprint density at radius 2 is 1.85 bits per heavy atom. The Morgan fingerprint density at radius 3 is 2.35 bits per heavy atom. The molecule has 0 radical (unpaired) electrons. The average molecular weight is 414 g/mol. The summed E-state index contributed by atoms with van der Waals surface area (Å²) in [6.45, 7) is 5.75. The van der Waals surface area contributed by atoms with Crippen LogP contribution in [-0.4, -0.2) is 25.0 Å². The fourth-order valence-corrected chi connectivity index (χ4v) is 6.07. The number of carboxylic acid groups (broad SMARTS) is 1. The Labute approximate surface area is 162 Å². The lowest BCUT2D eigenvalue weighted by atomic mass is 9.87. The van der Waals surface area contributed by atoms with Gasteiger partial charge in [-0.25, -0.2) is 8.42 Å². The number of benzene rings is 1. The maximum Gasteiger partial charge on any atom is 0.325 e. The minimum absolute atomic E-state index is 0.0997. The molecule has 26 heavy (non-hydrogen) atoms.